The van der Waals surface area contributed by atoms with E-state index in [4.69, 9.17) is 4.74 Å². The molecule has 4 rings (SSSR count). The zero-order valence-corrected chi connectivity index (χ0v) is 23.8. The summed E-state index contributed by atoms with van der Waals surface area (Å²) < 4.78 is 6.72. The number of benzene rings is 1. The fraction of sp³-hybridized carbons (Fsp3) is 0.515. The van der Waals surface area contributed by atoms with Gasteiger partial charge in [-0.1, -0.05) is 37.6 Å². The summed E-state index contributed by atoms with van der Waals surface area (Å²) in [6.07, 6.45) is 7.49. The Balaban J connectivity index is 1.91. The number of hydrogen-bond donors (Lipinski definition) is 1. The minimum Gasteiger partial charge on any atom is -0.488 e. The number of carbonyl (C=O) groups is 2. The Morgan fingerprint density at radius 3 is 2.29 bits per heavy atom. The van der Waals surface area contributed by atoms with Gasteiger partial charge in [-0.2, -0.15) is 0 Å². The molecule has 1 N–H and O–H groups in total. The van der Waals surface area contributed by atoms with Crippen LogP contribution in [-0.4, -0.2) is 43.0 Å². The number of carbonyl (C=O) groups excluding carboxylic acids is 2. The third kappa shape index (κ3) is 4.02. The van der Waals surface area contributed by atoms with Gasteiger partial charge in [0.1, 0.15) is 17.8 Å². The van der Waals surface area contributed by atoms with Gasteiger partial charge < -0.3 is 14.7 Å². The zero-order valence-electron chi connectivity index (χ0n) is 23.8. The first-order chi connectivity index (χ1) is 17.9. The Hall–Kier alpha value is -2.92. The summed E-state index contributed by atoms with van der Waals surface area (Å²) in [6, 6.07) is 7.82. The lowest BCUT2D eigenvalue weighted by molar-refractivity contribution is -0.260. The average Bonchev–Trinajstić information content (AvgIpc) is 2.86. The van der Waals surface area contributed by atoms with Crippen molar-refractivity contribution in [2.24, 2.45) is 28.1 Å². The number of anilines is 1. The van der Waals surface area contributed by atoms with Crippen LogP contribution in [0.5, 0.6) is 0 Å². The minimum atomic E-state index is -1.08. The number of allylic oxidation sites excluding steroid dienone is 5. The first-order valence-electron chi connectivity index (χ1n) is 13.6. The van der Waals surface area contributed by atoms with Gasteiger partial charge in [-0.25, -0.2) is 0 Å². The highest BCUT2D eigenvalue weighted by Gasteiger charge is 2.75. The summed E-state index contributed by atoms with van der Waals surface area (Å²) in [5.74, 6) is -0.881. The van der Waals surface area contributed by atoms with Crippen LogP contribution >= 0.6 is 0 Å². The van der Waals surface area contributed by atoms with Crippen molar-refractivity contribution in [1.29, 1.82) is 0 Å². The molecule has 0 spiro atoms. The van der Waals surface area contributed by atoms with E-state index in [-0.39, 0.29) is 17.5 Å². The number of nitrogens with zero attached hydrogens (tertiary/aromatic N) is 1. The highest BCUT2D eigenvalue weighted by atomic mass is 16.5. The summed E-state index contributed by atoms with van der Waals surface area (Å²) in [7, 11) is 3.94. The van der Waals surface area contributed by atoms with E-state index in [1.54, 1.807) is 6.08 Å². The van der Waals surface area contributed by atoms with Crippen molar-refractivity contribution in [3.05, 3.63) is 72.9 Å². The number of aliphatic hydroxyl groups is 1. The van der Waals surface area contributed by atoms with Crippen molar-refractivity contribution in [3.63, 3.8) is 0 Å². The second-order valence-corrected chi connectivity index (χ2v) is 12.5. The maximum absolute atomic E-state index is 14.3. The van der Waals surface area contributed by atoms with Gasteiger partial charge in [0.05, 0.1) is 11.5 Å². The molecule has 1 aromatic carbocycles. The standard InChI is InChI=1S/C33H43NO4/c1-9-17-32-20-23(14-11-21(3)4)31(5,6)33(18-10-2,30(32)37)29-27(28(32)36)25(35)19-26(38-29)22-12-15-24(16-13-22)34(7)8/h9-13,15-16,19,23,27,29-30,37H,1-2,14,17-18,20H2,3-8H3/t23-,27?,29?,30?,32-,33+/m1/s1. The molecule has 1 aromatic rings. The first-order valence-corrected chi connectivity index (χ1v) is 13.6. The van der Waals surface area contributed by atoms with E-state index in [0.717, 1.165) is 17.7 Å². The molecule has 204 valence electrons. The number of rotatable bonds is 8. The van der Waals surface area contributed by atoms with Gasteiger partial charge in [0.25, 0.3) is 0 Å². The minimum absolute atomic E-state index is 0.0954. The van der Waals surface area contributed by atoms with Gasteiger partial charge in [-0.3, -0.25) is 9.59 Å². The lowest BCUT2D eigenvalue weighted by atomic mass is 9.36. The largest absolute Gasteiger partial charge is 0.488 e. The fourth-order valence-corrected chi connectivity index (χ4v) is 7.49. The summed E-state index contributed by atoms with van der Waals surface area (Å²) >= 11 is 0. The van der Waals surface area contributed by atoms with Crippen molar-refractivity contribution >= 4 is 23.0 Å². The molecule has 5 heteroatoms. The monoisotopic (exact) mass is 517 g/mol. The van der Waals surface area contributed by atoms with Crippen LogP contribution in [0.2, 0.25) is 0 Å². The molecule has 2 fully saturated rings. The van der Waals surface area contributed by atoms with E-state index in [1.165, 1.54) is 11.6 Å². The molecule has 1 aliphatic heterocycles. The molecule has 1 heterocycles. The van der Waals surface area contributed by atoms with Crippen LogP contribution in [-0.2, 0) is 14.3 Å². The first kappa shape index (κ1) is 28.1. The van der Waals surface area contributed by atoms with Gasteiger partial charge in [0.2, 0.25) is 0 Å². The number of ether oxygens (including phenoxy) is 1. The van der Waals surface area contributed by atoms with Crippen LogP contribution in [0, 0.1) is 28.1 Å². The maximum Gasteiger partial charge on any atom is 0.173 e. The SMILES string of the molecule is C=CC[C@@]12C[C@@H](CC=C(C)C)C(C)(C)[C@@](CC=C)(C3OC(c4ccc(N(C)C)cc4)=CC(=O)C3C1=O)C2O. The molecular weight excluding hydrogens is 474 g/mol. The molecule has 5 nitrogen and oxygen atoms in total. The third-order valence-electron chi connectivity index (χ3n) is 9.73. The third-order valence-corrected chi connectivity index (χ3v) is 9.73. The second kappa shape index (κ2) is 10.00. The number of Topliss-reactive ketones (excluding diaryl/α,β-unsaturated/α-hetero) is 1. The number of ketones is 2. The Kier molecular flexibility index (Phi) is 7.39. The number of fused-ring (bicyclic) bond motifs is 4. The molecule has 2 bridgehead atoms. The average molecular weight is 518 g/mol. The highest BCUT2D eigenvalue weighted by molar-refractivity contribution is 6.14. The topological polar surface area (TPSA) is 66.8 Å². The second-order valence-electron chi connectivity index (χ2n) is 12.5. The molecule has 0 amide bonds. The van der Waals surface area contributed by atoms with E-state index in [9.17, 15) is 14.7 Å². The van der Waals surface area contributed by atoms with Crippen molar-refractivity contribution < 1.29 is 19.4 Å². The molecule has 6 atom stereocenters. The smallest absolute Gasteiger partial charge is 0.173 e. The van der Waals surface area contributed by atoms with E-state index < -0.39 is 34.4 Å². The van der Waals surface area contributed by atoms with Crippen LogP contribution < -0.4 is 4.90 Å². The number of aliphatic hydroxyl groups excluding tert-OH is 1. The molecule has 3 unspecified atom stereocenters. The van der Waals surface area contributed by atoms with Crippen molar-refractivity contribution in [1.82, 2.24) is 0 Å². The lowest BCUT2D eigenvalue weighted by Gasteiger charge is -2.69. The summed E-state index contributed by atoms with van der Waals surface area (Å²) in [4.78, 5) is 30.1. The maximum atomic E-state index is 14.3. The van der Waals surface area contributed by atoms with Gasteiger partial charge in [0.15, 0.2) is 11.6 Å². The van der Waals surface area contributed by atoms with E-state index >= 15 is 0 Å². The fourth-order valence-electron chi connectivity index (χ4n) is 7.49. The Bertz CT molecular complexity index is 1190. The normalized spacial score (nSPS) is 33.4. The van der Waals surface area contributed by atoms with E-state index in [0.29, 0.717) is 25.0 Å². The van der Waals surface area contributed by atoms with Gasteiger partial charge in [-0.15, -0.1) is 13.2 Å². The highest BCUT2D eigenvalue weighted by Crippen LogP contribution is 2.69. The van der Waals surface area contributed by atoms with Crippen molar-refractivity contribution in [2.75, 3.05) is 19.0 Å². The van der Waals surface area contributed by atoms with Gasteiger partial charge in [-0.05, 0) is 75.1 Å². The lowest BCUT2D eigenvalue weighted by Crippen LogP contribution is -2.76. The molecule has 38 heavy (non-hydrogen) atoms. The quantitative estimate of drug-likeness (QED) is 0.331. The number of hydrogen-bond acceptors (Lipinski definition) is 5. The Morgan fingerprint density at radius 1 is 1.11 bits per heavy atom. The molecule has 0 radical (unpaired) electrons. The van der Waals surface area contributed by atoms with Crippen LogP contribution in [0.4, 0.5) is 5.69 Å². The molecule has 0 aromatic heterocycles. The van der Waals surface area contributed by atoms with Gasteiger partial charge >= 0.3 is 0 Å². The van der Waals surface area contributed by atoms with Crippen molar-refractivity contribution in [2.45, 2.75) is 65.6 Å². The van der Waals surface area contributed by atoms with Crippen LogP contribution in [0.25, 0.3) is 5.76 Å². The van der Waals surface area contributed by atoms with Crippen LogP contribution in [0.3, 0.4) is 0 Å². The predicted octanol–water partition coefficient (Wildman–Crippen LogP) is 6.15. The molecule has 2 aliphatic carbocycles. The molecule has 0 saturated heterocycles. The van der Waals surface area contributed by atoms with Crippen LogP contribution in [0.1, 0.15) is 58.9 Å². The predicted molar refractivity (Wildman–Crippen MR) is 154 cm³/mol. The summed E-state index contributed by atoms with van der Waals surface area (Å²) in [5, 5.41) is 12.3. The molecule has 3 aliphatic rings. The van der Waals surface area contributed by atoms with Gasteiger partial charge in [0, 0.05) is 36.8 Å². The zero-order chi connectivity index (χ0) is 28.0. The Labute approximate surface area is 227 Å². The van der Waals surface area contributed by atoms with Crippen LogP contribution in [0.15, 0.2) is 67.3 Å². The molecular formula is C33H43NO4. The summed E-state index contributed by atoms with van der Waals surface area (Å²) in [5.41, 5.74) is 0.582. The molecule has 2 saturated carbocycles. The van der Waals surface area contributed by atoms with E-state index in [2.05, 4.69) is 46.9 Å². The summed E-state index contributed by atoms with van der Waals surface area (Å²) in [6.45, 7) is 16.5. The van der Waals surface area contributed by atoms with Crippen molar-refractivity contribution in [3.8, 4) is 0 Å². The Morgan fingerprint density at radius 2 is 1.74 bits per heavy atom. The van der Waals surface area contributed by atoms with E-state index in [1.807, 2.05) is 49.3 Å².